The van der Waals surface area contributed by atoms with E-state index in [0.717, 1.165) is 76.1 Å². The Hall–Kier alpha value is -1.23. The highest BCUT2D eigenvalue weighted by Crippen LogP contribution is 2.70. The molecule has 0 aromatic rings. The lowest BCUT2D eigenvalue weighted by atomic mass is 9.42. The predicted molar refractivity (Wildman–Crippen MR) is 214 cm³/mol. The molecule has 3 saturated heterocycles. The Bertz CT molecular complexity index is 1520. The van der Waals surface area contributed by atoms with Crippen LogP contribution in [-0.2, 0) is 38.0 Å². The van der Waals surface area contributed by atoms with Gasteiger partial charge in [0.05, 0.1) is 48.3 Å². The summed E-state index contributed by atoms with van der Waals surface area (Å²) in [6, 6.07) is 0. The summed E-state index contributed by atoms with van der Waals surface area (Å²) in [4.78, 5) is 14.5. The fraction of sp³-hybridized carbons (Fsp3) is 0.935. The van der Waals surface area contributed by atoms with Gasteiger partial charge in [-0.2, -0.15) is 0 Å². The van der Waals surface area contributed by atoms with Gasteiger partial charge in [0.25, 0.3) is 0 Å². The number of aliphatic hydroxyl groups excluding tert-OH is 3. The van der Waals surface area contributed by atoms with Gasteiger partial charge < -0.3 is 58.5 Å². The van der Waals surface area contributed by atoms with Gasteiger partial charge in [0.2, 0.25) is 0 Å². The molecule has 0 radical (unpaired) electrons. The van der Waals surface area contributed by atoms with Crippen LogP contribution in [0.25, 0.3) is 0 Å². The van der Waals surface area contributed by atoms with E-state index in [1.165, 1.54) is 19.3 Å². The molecule has 13 heteroatoms. The van der Waals surface area contributed by atoms with Crippen molar-refractivity contribution < 1.29 is 58.4 Å². The van der Waals surface area contributed by atoms with Crippen molar-refractivity contribution in [3.63, 3.8) is 0 Å². The zero-order valence-corrected chi connectivity index (χ0v) is 36.1. The molecule has 5 aliphatic carbocycles. The smallest absolute Gasteiger partial charge is 0.331 e. The Balaban J connectivity index is 0.751. The standard InChI is InChI=1S/C46H73NO12/c1-25-23-47(16-12-28-6-7-28)17-13-39(54-25)58-42-26(2)56-41(22-36(42)49)59-43-27(3)55-40(21-35(43)48)57-31-10-14-44(4)30(19-31)8-9-33-34(44)20-37(50)45(5)32(11-15-46(33,45)52)29-18-38(51)53-24-29/h18,25-28,30-37,39-43,48-50,52H,6-17,19-24H2,1-5H3/t25?,26-,27-,30-,31+,32-,33-,34+,35+,36+,37-,39?,40-,41+,42-,43+,44+,45+,46+/m1/s1. The quantitative estimate of drug-likeness (QED) is 0.179. The summed E-state index contributed by atoms with van der Waals surface area (Å²) >= 11 is 0. The predicted octanol–water partition coefficient (Wildman–Crippen LogP) is 4.60. The highest BCUT2D eigenvalue weighted by Gasteiger charge is 2.71. The number of esters is 1. The first-order chi connectivity index (χ1) is 28.1. The summed E-state index contributed by atoms with van der Waals surface area (Å²) in [6.45, 7) is 13.5. The van der Waals surface area contributed by atoms with Crippen LogP contribution in [0, 0.1) is 40.4 Å². The highest BCUT2D eigenvalue weighted by atomic mass is 16.7. The maximum atomic E-state index is 12.6. The lowest BCUT2D eigenvalue weighted by molar-refractivity contribution is -0.329. The number of hydrogen-bond acceptors (Lipinski definition) is 13. The Labute approximate surface area is 350 Å². The molecule has 4 aliphatic heterocycles. The summed E-state index contributed by atoms with van der Waals surface area (Å²) < 4.78 is 43.5. The lowest BCUT2D eigenvalue weighted by Gasteiger charge is -2.65. The third-order valence-electron chi connectivity index (χ3n) is 17.4. The van der Waals surface area contributed by atoms with E-state index in [9.17, 15) is 25.2 Å². The minimum atomic E-state index is -0.998. The molecule has 0 amide bonds. The van der Waals surface area contributed by atoms with Crippen molar-refractivity contribution in [3.8, 4) is 0 Å². The van der Waals surface area contributed by atoms with Crippen LogP contribution in [-0.4, -0.2) is 137 Å². The van der Waals surface area contributed by atoms with Crippen LogP contribution in [0.3, 0.4) is 0 Å². The first-order valence-corrected chi connectivity index (χ1v) is 23.4. The molecule has 0 spiro atoms. The average Bonchev–Trinajstić information content (AvgIpc) is 3.88. The second kappa shape index (κ2) is 16.7. The molecular formula is C46H73NO12. The van der Waals surface area contributed by atoms with Gasteiger partial charge in [-0.25, -0.2) is 4.79 Å². The third-order valence-corrected chi connectivity index (χ3v) is 17.4. The zero-order chi connectivity index (χ0) is 41.4. The molecular weight excluding hydrogens is 759 g/mol. The van der Waals surface area contributed by atoms with Crippen LogP contribution in [0.1, 0.15) is 125 Å². The Morgan fingerprint density at radius 3 is 2.14 bits per heavy atom. The SMILES string of the molecule is CC1CN(CCC2CC2)CCC(O[C@H]2[C@@H](O)C[C@H](O[C@@H]3[C@@H](O)C[C@@H](O[C@H]4CC[C@@]5(C)[C@H](CC[C@@H]6[C@@H]5C[C@@H](O)[C@]5(C)[C@@H](C7=CC(=O)OC7)CC[C@]65O)C4)O[C@@H]3C)O[C@@H]2C)O1. The number of ether oxygens (including phenoxy) is 7. The van der Waals surface area contributed by atoms with Crippen LogP contribution in [0.15, 0.2) is 11.6 Å². The molecule has 19 atom stereocenters. The van der Waals surface area contributed by atoms with E-state index in [4.69, 9.17) is 33.2 Å². The van der Waals surface area contributed by atoms with Crippen molar-refractivity contribution in [1.82, 2.24) is 4.90 Å². The van der Waals surface area contributed by atoms with E-state index in [-0.39, 0.29) is 60.8 Å². The molecule has 5 saturated carbocycles. The number of carbonyl (C=O) groups is 1. The average molecular weight is 832 g/mol. The van der Waals surface area contributed by atoms with Gasteiger partial charge in [-0.1, -0.05) is 26.7 Å². The number of nitrogens with zero attached hydrogens (tertiary/aromatic N) is 1. The third kappa shape index (κ3) is 8.13. The number of rotatable bonds is 10. The number of hydrogen-bond donors (Lipinski definition) is 4. The molecule has 13 nitrogen and oxygen atoms in total. The number of carbonyl (C=O) groups excluding carboxylic acids is 1. The maximum Gasteiger partial charge on any atom is 0.331 e. The van der Waals surface area contributed by atoms with Crippen LogP contribution in [0.2, 0.25) is 0 Å². The minimum Gasteiger partial charge on any atom is -0.458 e. The van der Waals surface area contributed by atoms with Crippen LogP contribution in [0.4, 0.5) is 0 Å². The normalized spacial score (nSPS) is 51.9. The number of fused-ring (bicyclic) bond motifs is 5. The molecule has 4 heterocycles. The monoisotopic (exact) mass is 832 g/mol. The molecule has 8 fully saturated rings. The first-order valence-electron chi connectivity index (χ1n) is 23.4. The van der Waals surface area contributed by atoms with Crippen LogP contribution < -0.4 is 0 Å². The van der Waals surface area contributed by atoms with Crippen molar-refractivity contribution >= 4 is 5.97 Å². The van der Waals surface area contributed by atoms with Crippen molar-refractivity contribution in [3.05, 3.63) is 11.6 Å². The zero-order valence-electron chi connectivity index (χ0n) is 36.1. The van der Waals surface area contributed by atoms with Crippen molar-refractivity contribution in [1.29, 1.82) is 0 Å². The summed E-state index contributed by atoms with van der Waals surface area (Å²) in [5.74, 6) is 1.18. The van der Waals surface area contributed by atoms with Crippen molar-refractivity contribution in [2.45, 2.75) is 204 Å². The number of cyclic esters (lactones) is 1. The Kier molecular flexibility index (Phi) is 12.2. The van der Waals surface area contributed by atoms with E-state index >= 15 is 0 Å². The molecule has 9 aliphatic rings. The van der Waals surface area contributed by atoms with Crippen LogP contribution in [0.5, 0.6) is 0 Å². The van der Waals surface area contributed by atoms with Crippen molar-refractivity contribution in [2.24, 2.45) is 40.4 Å². The minimum absolute atomic E-state index is 0.0167. The fourth-order valence-corrected chi connectivity index (χ4v) is 13.8. The molecule has 2 unspecified atom stereocenters. The Morgan fingerprint density at radius 2 is 1.47 bits per heavy atom. The Morgan fingerprint density at radius 1 is 0.780 bits per heavy atom. The highest BCUT2D eigenvalue weighted by molar-refractivity contribution is 5.85. The van der Waals surface area contributed by atoms with Gasteiger partial charge >= 0.3 is 5.97 Å². The van der Waals surface area contributed by atoms with E-state index in [0.29, 0.717) is 18.8 Å². The maximum absolute atomic E-state index is 12.6. The summed E-state index contributed by atoms with van der Waals surface area (Å²) in [6.07, 6.45) is 7.32. The van der Waals surface area contributed by atoms with E-state index in [1.54, 1.807) is 6.08 Å². The summed E-state index contributed by atoms with van der Waals surface area (Å²) in [7, 11) is 0. The fourth-order valence-electron chi connectivity index (χ4n) is 13.8. The second-order valence-electron chi connectivity index (χ2n) is 20.9. The van der Waals surface area contributed by atoms with Gasteiger partial charge in [0.1, 0.15) is 18.8 Å². The van der Waals surface area contributed by atoms with E-state index in [1.807, 2.05) is 13.8 Å². The molecule has 334 valence electrons. The molecule has 0 bridgehead atoms. The lowest BCUT2D eigenvalue weighted by Crippen LogP contribution is -2.67. The molecule has 59 heavy (non-hydrogen) atoms. The molecule has 0 aromatic heterocycles. The largest absolute Gasteiger partial charge is 0.458 e. The first kappa shape index (κ1) is 43.0. The molecule has 0 aromatic carbocycles. The number of aliphatic hydroxyl groups is 4. The van der Waals surface area contributed by atoms with Crippen molar-refractivity contribution in [2.75, 3.05) is 26.2 Å². The van der Waals surface area contributed by atoms with Gasteiger partial charge in [-0.3, -0.25) is 0 Å². The topological polar surface area (TPSA) is 166 Å². The summed E-state index contributed by atoms with van der Waals surface area (Å²) in [5.41, 5.74) is -0.830. The van der Waals surface area contributed by atoms with E-state index in [2.05, 4.69) is 25.7 Å². The van der Waals surface area contributed by atoms with Gasteiger partial charge in [-0.05, 0) is 126 Å². The van der Waals surface area contributed by atoms with Gasteiger partial charge in [0.15, 0.2) is 18.9 Å². The van der Waals surface area contributed by atoms with Crippen LogP contribution >= 0.6 is 0 Å². The summed E-state index contributed by atoms with van der Waals surface area (Å²) in [5, 5.41) is 47.2. The second-order valence-corrected chi connectivity index (χ2v) is 20.9. The van der Waals surface area contributed by atoms with E-state index < -0.39 is 72.6 Å². The molecule has 9 rings (SSSR count). The van der Waals surface area contributed by atoms with Gasteiger partial charge in [-0.15, -0.1) is 0 Å². The van der Waals surface area contributed by atoms with Gasteiger partial charge in [0, 0.05) is 43.8 Å². The molecule has 4 N–H and O–H groups in total.